The Balaban J connectivity index is 1.75. The summed E-state index contributed by atoms with van der Waals surface area (Å²) >= 11 is 1.36. The average molecular weight is 377 g/mol. The van der Waals surface area contributed by atoms with Crippen LogP contribution in [0.1, 0.15) is 27.9 Å². The van der Waals surface area contributed by atoms with E-state index in [1.54, 1.807) is 12.1 Å². The highest BCUT2D eigenvalue weighted by atomic mass is 32.1. The van der Waals surface area contributed by atoms with Gasteiger partial charge in [-0.05, 0) is 55.8 Å². The van der Waals surface area contributed by atoms with Gasteiger partial charge in [-0.2, -0.15) is 5.26 Å². The molecular formula is C21H19N3O2S. The molecule has 2 aromatic carbocycles. The third-order valence-electron chi connectivity index (χ3n) is 3.91. The van der Waals surface area contributed by atoms with Gasteiger partial charge in [-0.15, -0.1) is 11.3 Å². The monoisotopic (exact) mass is 377 g/mol. The summed E-state index contributed by atoms with van der Waals surface area (Å²) in [6.45, 7) is 4.40. The second-order valence-corrected chi connectivity index (χ2v) is 6.88. The number of hydrogen-bond donors (Lipinski definition) is 1. The SMILES string of the molecule is CCOc1ccc(-c2nc(C)c(C(=O)Nc3ccc(CC#N)cc3)s2)cc1. The number of carbonyl (C=O) groups excluding carboxylic acids is 1. The fourth-order valence-electron chi connectivity index (χ4n) is 2.58. The Morgan fingerprint density at radius 2 is 1.89 bits per heavy atom. The molecule has 3 rings (SSSR count). The van der Waals surface area contributed by atoms with Gasteiger partial charge in [0.15, 0.2) is 0 Å². The largest absolute Gasteiger partial charge is 0.494 e. The highest BCUT2D eigenvalue weighted by molar-refractivity contribution is 7.17. The van der Waals surface area contributed by atoms with Crippen LogP contribution in [0.3, 0.4) is 0 Å². The van der Waals surface area contributed by atoms with Gasteiger partial charge >= 0.3 is 0 Å². The minimum atomic E-state index is -0.185. The molecule has 0 saturated carbocycles. The van der Waals surface area contributed by atoms with Crippen LogP contribution in [0.4, 0.5) is 5.69 Å². The van der Waals surface area contributed by atoms with Crippen molar-refractivity contribution in [2.24, 2.45) is 0 Å². The molecule has 1 N–H and O–H groups in total. The first-order chi connectivity index (χ1) is 13.1. The van der Waals surface area contributed by atoms with Crippen molar-refractivity contribution in [3.63, 3.8) is 0 Å². The molecular weight excluding hydrogens is 358 g/mol. The molecule has 0 bridgehead atoms. The van der Waals surface area contributed by atoms with E-state index < -0.39 is 0 Å². The number of nitrogens with zero attached hydrogens (tertiary/aromatic N) is 2. The summed E-state index contributed by atoms with van der Waals surface area (Å²) in [5.74, 6) is 0.627. The molecule has 0 spiro atoms. The van der Waals surface area contributed by atoms with Crippen LogP contribution in [-0.2, 0) is 6.42 Å². The molecule has 0 aliphatic rings. The summed E-state index contributed by atoms with van der Waals surface area (Å²) in [5.41, 5.74) is 3.26. The summed E-state index contributed by atoms with van der Waals surface area (Å²) in [6.07, 6.45) is 0.355. The number of thiazole rings is 1. The van der Waals surface area contributed by atoms with Crippen LogP contribution >= 0.6 is 11.3 Å². The molecule has 1 heterocycles. The Morgan fingerprint density at radius 1 is 1.19 bits per heavy atom. The van der Waals surface area contributed by atoms with Crippen molar-refractivity contribution in [1.29, 1.82) is 5.26 Å². The Bertz CT molecular complexity index is 970. The quantitative estimate of drug-likeness (QED) is 0.667. The molecule has 1 amide bonds. The Morgan fingerprint density at radius 3 is 2.52 bits per heavy atom. The third kappa shape index (κ3) is 4.52. The normalized spacial score (nSPS) is 10.3. The van der Waals surface area contributed by atoms with Crippen LogP contribution in [0.2, 0.25) is 0 Å². The Kier molecular flexibility index (Phi) is 5.84. The molecule has 0 radical (unpaired) electrons. The number of anilines is 1. The lowest BCUT2D eigenvalue weighted by atomic mass is 10.1. The van der Waals surface area contributed by atoms with Crippen molar-refractivity contribution in [2.45, 2.75) is 20.3 Å². The topological polar surface area (TPSA) is 75.0 Å². The first kappa shape index (κ1) is 18.6. The predicted molar refractivity (Wildman–Crippen MR) is 107 cm³/mol. The standard InChI is InChI=1S/C21H19N3O2S/c1-3-26-18-10-6-16(7-11-18)21-23-14(2)19(27-21)20(25)24-17-8-4-15(5-9-17)12-13-22/h4-11H,3,12H2,1-2H3,(H,24,25). The van der Waals surface area contributed by atoms with Gasteiger partial charge in [0.25, 0.3) is 5.91 Å². The second-order valence-electron chi connectivity index (χ2n) is 5.88. The highest BCUT2D eigenvalue weighted by Gasteiger charge is 2.16. The number of carbonyl (C=O) groups is 1. The summed E-state index contributed by atoms with van der Waals surface area (Å²) in [6, 6.07) is 17.1. The first-order valence-corrected chi connectivity index (χ1v) is 9.40. The van der Waals surface area contributed by atoms with Crippen LogP contribution in [0, 0.1) is 18.3 Å². The molecule has 0 saturated heterocycles. The smallest absolute Gasteiger partial charge is 0.267 e. The van der Waals surface area contributed by atoms with E-state index >= 15 is 0 Å². The van der Waals surface area contributed by atoms with E-state index in [9.17, 15) is 4.79 Å². The van der Waals surface area contributed by atoms with Crippen molar-refractivity contribution in [3.05, 3.63) is 64.7 Å². The molecule has 5 nitrogen and oxygen atoms in total. The van der Waals surface area contributed by atoms with E-state index in [2.05, 4.69) is 16.4 Å². The van der Waals surface area contributed by atoms with Gasteiger partial charge in [0.05, 0.1) is 24.8 Å². The number of benzene rings is 2. The predicted octanol–water partition coefficient (Wildman–Crippen LogP) is 4.84. The number of nitriles is 1. The van der Waals surface area contributed by atoms with Crippen LogP contribution < -0.4 is 10.1 Å². The van der Waals surface area contributed by atoms with E-state index in [-0.39, 0.29) is 5.91 Å². The number of aryl methyl sites for hydroxylation is 1. The number of rotatable bonds is 6. The molecule has 0 aliphatic carbocycles. The first-order valence-electron chi connectivity index (χ1n) is 8.58. The van der Waals surface area contributed by atoms with Gasteiger partial charge in [0.2, 0.25) is 0 Å². The molecule has 3 aromatic rings. The molecule has 6 heteroatoms. The lowest BCUT2D eigenvalue weighted by molar-refractivity contribution is 0.103. The molecule has 0 aliphatic heterocycles. The maximum atomic E-state index is 12.6. The van der Waals surface area contributed by atoms with Gasteiger partial charge < -0.3 is 10.1 Å². The maximum Gasteiger partial charge on any atom is 0.267 e. The zero-order valence-corrected chi connectivity index (χ0v) is 16.0. The lowest BCUT2D eigenvalue weighted by Gasteiger charge is -2.04. The van der Waals surface area contributed by atoms with Gasteiger partial charge in [-0.3, -0.25) is 4.79 Å². The fourth-order valence-corrected chi connectivity index (χ4v) is 3.54. The van der Waals surface area contributed by atoms with Gasteiger partial charge in [-0.25, -0.2) is 4.98 Å². The lowest BCUT2D eigenvalue weighted by Crippen LogP contribution is -2.11. The van der Waals surface area contributed by atoms with Crippen LogP contribution in [0.25, 0.3) is 10.6 Å². The zero-order valence-electron chi connectivity index (χ0n) is 15.2. The average Bonchev–Trinajstić information content (AvgIpc) is 3.06. The molecule has 0 atom stereocenters. The van der Waals surface area contributed by atoms with Crippen LogP contribution in [0.5, 0.6) is 5.75 Å². The van der Waals surface area contributed by atoms with E-state index in [4.69, 9.17) is 10.00 Å². The Hall–Kier alpha value is -3.17. The highest BCUT2D eigenvalue weighted by Crippen LogP contribution is 2.29. The number of amides is 1. The molecule has 0 fully saturated rings. The van der Waals surface area contributed by atoms with Crippen molar-refractivity contribution < 1.29 is 9.53 Å². The summed E-state index contributed by atoms with van der Waals surface area (Å²) in [7, 11) is 0. The minimum absolute atomic E-state index is 0.185. The van der Waals surface area contributed by atoms with E-state index in [1.165, 1.54) is 11.3 Å². The molecule has 136 valence electrons. The third-order valence-corrected chi connectivity index (χ3v) is 5.12. The van der Waals surface area contributed by atoms with Crippen molar-refractivity contribution in [3.8, 4) is 22.4 Å². The maximum absolute atomic E-state index is 12.6. The fraction of sp³-hybridized carbons (Fsp3) is 0.190. The van der Waals surface area contributed by atoms with Gasteiger partial charge in [0.1, 0.15) is 15.6 Å². The van der Waals surface area contributed by atoms with Crippen LogP contribution in [-0.4, -0.2) is 17.5 Å². The van der Waals surface area contributed by atoms with Gasteiger partial charge in [-0.1, -0.05) is 12.1 Å². The van der Waals surface area contributed by atoms with Gasteiger partial charge in [0, 0.05) is 11.3 Å². The number of aromatic nitrogens is 1. The number of nitrogens with one attached hydrogen (secondary N) is 1. The van der Waals surface area contributed by atoms with Crippen molar-refractivity contribution >= 4 is 22.9 Å². The van der Waals surface area contributed by atoms with E-state index in [0.29, 0.717) is 29.3 Å². The Labute approximate surface area is 162 Å². The van der Waals surface area contributed by atoms with E-state index in [1.807, 2.05) is 50.2 Å². The summed E-state index contributed by atoms with van der Waals surface area (Å²) < 4.78 is 5.45. The summed E-state index contributed by atoms with van der Waals surface area (Å²) in [5, 5.41) is 12.4. The van der Waals surface area contributed by atoms with Crippen LogP contribution in [0.15, 0.2) is 48.5 Å². The second kappa shape index (κ2) is 8.47. The van der Waals surface area contributed by atoms with E-state index in [0.717, 1.165) is 21.9 Å². The molecule has 1 aromatic heterocycles. The number of ether oxygens (including phenoxy) is 1. The molecule has 27 heavy (non-hydrogen) atoms. The van der Waals surface area contributed by atoms with Crippen molar-refractivity contribution in [1.82, 2.24) is 4.98 Å². The zero-order chi connectivity index (χ0) is 19.2. The van der Waals surface area contributed by atoms with Crippen molar-refractivity contribution in [2.75, 3.05) is 11.9 Å². The minimum Gasteiger partial charge on any atom is -0.494 e. The molecule has 0 unspecified atom stereocenters. The number of hydrogen-bond acceptors (Lipinski definition) is 5. The summed E-state index contributed by atoms with van der Waals surface area (Å²) in [4.78, 5) is 17.7.